The first-order chi connectivity index (χ1) is 20.7. The van der Waals surface area contributed by atoms with Crippen molar-refractivity contribution in [1.82, 2.24) is 14.1 Å². The Labute approximate surface area is 261 Å². The fourth-order valence-electron chi connectivity index (χ4n) is 5.44. The van der Waals surface area contributed by atoms with Crippen LogP contribution < -0.4 is 4.90 Å². The minimum absolute atomic E-state index is 0.0216. The zero-order chi connectivity index (χ0) is 32.3. The van der Waals surface area contributed by atoms with E-state index in [1.165, 1.54) is 34.6 Å². The molecule has 0 atom stereocenters. The topological polar surface area (TPSA) is 112 Å². The fourth-order valence-corrected chi connectivity index (χ4v) is 7.37. The summed E-state index contributed by atoms with van der Waals surface area (Å²) in [5.41, 5.74) is -2.29. The molecule has 2 heterocycles. The number of nitrogens with zero attached hydrogens (tertiary/aromatic N) is 6. The summed E-state index contributed by atoms with van der Waals surface area (Å²) in [6, 6.07) is 12.6. The third-order valence-electron chi connectivity index (χ3n) is 8.07. The van der Waals surface area contributed by atoms with Crippen LogP contribution in [-0.2, 0) is 21.0 Å². The third-order valence-corrected chi connectivity index (χ3v) is 10.4. The molecule has 0 saturated carbocycles. The van der Waals surface area contributed by atoms with Crippen molar-refractivity contribution in [1.29, 1.82) is 10.5 Å². The van der Waals surface area contributed by atoms with E-state index in [9.17, 15) is 26.4 Å². The Hall–Kier alpha value is -3.56. The van der Waals surface area contributed by atoms with Gasteiger partial charge in [-0.1, -0.05) is 12.8 Å². The van der Waals surface area contributed by atoms with Crippen LogP contribution in [0.25, 0.3) is 0 Å². The highest BCUT2D eigenvalue weighted by Gasteiger charge is 2.49. The fraction of sp³-hybridized carbons (Fsp3) is 0.467. The van der Waals surface area contributed by atoms with Crippen molar-refractivity contribution in [3.63, 3.8) is 0 Å². The van der Waals surface area contributed by atoms with E-state index in [1.807, 2.05) is 6.07 Å². The molecule has 0 spiro atoms. The first-order valence-electron chi connectivity index (χ1n) is 14.2. The number of alkyl halides is 3. The molecule has 2 fully saturated rings. The molecule has 0 bridgehead atoms. The molecule has 14 heteroatoms. The van der Waals surface area contributed by atoms with Crippen molar-refractivity contribution >= 4 is 38.9 Å². The SMILES string of the molecule is CC1(C)C(=O)N(c2ccc(C#N)c(C(F)(F)F)c2)C(=S)N1CCCCCCN1CCN(S(=O)(=O)c2ccc(C#N)cc2)CC1. The highest BCUT2D eigenvalue weighted by Crippen LogP contribution is 2.38. The molecule has 0 aliphatic carbocycles. The summed E-state index contributed by atoms with van der Waals surface area (Å²) in [4.78, 5) is 18.5. The number of nitriles is 2. The molecule has 1 amide bonds. The molecule has 234 valence electrons. The number of carbonyl (C=O) groups excluding carboxylic acids is 1. The van der Waals surface area contributed by atoms with E-state index in [2.05, 4.69) is 4.90 Å². The van der Waals surface area contributed by atoms with E-state index < -0.39 is 38.8 Å². The molecule has 0 aromatic heterocycles. The van der Waals surface area contributed by atoms with Crippen LogP contribution in [0.4, 0.5) is 18.9 Å². The van der Waals surface area contributed by atoms with Crippen LogP contribution in [0.1, 0.15) is 56.2 Å². The van der Waals surface area contributed by atoms with Crippen molar-refractivity contribution < 1.29 is 26.4 Å². The smallest absolute Gasteiger partial charge is 0.334 e. The first kappa shape index (κ1) is 33.3. The molecule has 9 nitrogen and oxygen atoms in total. The summed E-state index contributed by atoms with van der Waals surface area (Å²) in [5.74, 6) is -0.430. The van der Waals surface area contributed by atoms with Gasteiger partial charge in [-0.2, -0.15) is 28.0 Å². The second-order valence-corrected chi connectivity index (χ2v) is 13.6. The van der Waals surface area contributed by atoms with Gasteiger partial charge in [0.1, 0.15) is 5.54 Å². The van der Waals surface area contributed by atoms with Gasteiger partial charge in [0, 0.05) is 32.7 Å². The van der Waals surface area contributed by atoms with Gasteiger partial charge < -0.3 is 9.80 Å². The maximum absolute atomic E-state index is 13.5. The summed E-state index contributed by atoms with van der Waals surface area (Å²) in [7, 11) is -3.61. The van der Waals surface area contributed by atoms with Crippen LogP contribution in [0.2, 0.25) is 0 Å². The monoisotopic (exact) mass is 646 g/mol. The van der Waals surface area contributed by atoms with Gasteiger partial charge in [0.25, 0.3) is 5.91 Å². The Bertz CT molecular complexity index is 1590. The number of benzene rings is 2. The Morgan fingerprint density at radius 2 is 1.52 bits per heavy atom. The van der Waals surface area contributed by atoms with Gasteiger partial charge in [0.2, 0.25) is 10.0 Å². The number of piperazine rings is 1. The molecule has 0 N–H and O–H groups in total. The lowest BCUT2D eigenvalue weighted by Gasteiger charge is -2.34. The molecule has 2 saturated heterocycles. The number of hydrogen-bond acceptors (Lipinski definition) is 7. The van der Waals surface area contributed by atoms with Gasteiger partial charge in [0.05, 0.1) is 39.4 Å². The summed E-state index contributed by atoms with van der Waals surface area (Å²) >= 11 is 5.55. The molecule has 2 aromatic rings. The predicted octanol–water partition coefficient (Wildman–Crippen LogP) is 4.73. The molecule has 2 aromatic carbocycles. The molecule has 0 unspecified atom stereocenters. The number of carbonyl (C=O) groups is 1. The molecular weight excluding hydrogens is 613 g/mol. The summed E-state index contributed by atoms with van der Waals surface area (Å²) in [6.07, 6.45) is -1.36. The molecule has 0 radical (unpaired) electrons. The second-order valence-electron chi connectivity index (χ2n) is 11.3. The van der Waals surface area contributed by atoms with Crippen molar-refractivity contribution in [2.24, 2.45) is 0 Å². The van der Waals surface area contributed by atoms with Crippen molar-refractivity contribution in [2.75, 3.05) is 44.2 Å². The minimum Gasteiger partial charge on any atom is -0.334 e. The predicted molar refractivity (Wildman–Crippen MR) is 162 cm³/mol. The summed E-state index contributed by atoms with van der Waals surface area (Å²) < 4.78 is 67.9. The number of rotatable bonds is 10. The summed E-state index contributed by atoms with van der Waals surface area (Å²) in [6.45, 7) is 6.68. The first-order valence-corrected chi connectivity index (χ1v) is 16.1. The number of hydrogen-bond donors (Lipinski definition) is 0. The summed E-state index contributed by atoms with van der Waals surface area (Å²) in [5, 5.41) is 18.2. The lowest BCUT2D eigenvalue weighted by molar-refractivity contribution is -0.137. The van der Waals surface area contributed by atoms with Gasteiger partial charge in [-0.05, 0) is 87.9 Å². The van der Waals surface area contributed by atoms with Crippen molar-refractivity contribution in [2.45, 2.75) is 56.1 Å². The Morgan fingerprint density at radius 3 is 2.09 bits per heavy atom. The van der Waals surface area contributed by atoms with Gasteiger partial charge in [0.15, 0.2) is 5.11 Å². The standard InChI is InChI=1S/C30H33F3N6O3S2/c1-29(2)27(40)39(24-10-9-23(21-35)26(19-24)30(31,32)33)28(43)38(29)14-6-4-3-5-13-36-15-17-37(18-16-36)44(41,42)25-11-7-22(20-34)8-12-25/h7-12,19H,3-6,13-18H2,1-2H3. The van der Waals surface area contributed by atoms with E-state index in [4.69, 9.17) is 22.7 Å². The van der Waals surface area contributed by atoms with Gasteiger partial charge in [-0.3, -0.25) is 9.69 Å². The van der Waals surface area contributed by atoms with Gasteiger partial charge >= 0.3 is 6.18 Å². The van der Waals surface area contributed by atoms with Gasteiger partial charge in [-0.15, -0.1) is 0 Å². The number of amides is 1. The molecule has 44 heavy (non-hydrogen) atoms. The van der Waals surface area contributed by atoms with Crippen LogP contribution in [0.3, 0.4) is 0 Å². The third kappa shape index (κ3) is 6.89. The molecule has 2 aliphatic rings. The Morgan fingerprint density at radius 1 is 0.909 bits per heavy atom. The van der Waals surface area contributed by atoms with Gasteiger partial charge in [-0.25, -0.2) is 8.42 Å². The van der Waals surface area contributed by atoms with Crippen molar-refractivity contribution in [3.05, 3.63) is 59.2 Å². The number of halogens is 3. The van der Waals surface area contributed by atoms with E-state index in [-0.39, 0.29) is 15.7 Å². The van der Waals surface area contributed by atoms with Crippen LogP contribution in [0.15, 0.2) is 47.4 Å². The highest BCUT2D eigenvalue weighted by molar-refractivity contribution is 7.89. The zero-order valence-corrected chi connectivity index (χ0v) is 26.1. The van der Waals surface area contributed by atoms with E-state index in [1.54, 1.807) is 24.8 Å². The van der Waals surface area contributed by atoms with Crippen LogP contribution >= 0.6 is 12.2 Å². The lowest BCUT2D eigenvalue weighted by atomic mass is 10.0. The molecule has 4 rings (SSSR count). The lowest BCUT2D eigenvalue weighted by Crippen LogP contribution is -2.48. The average molecular weight is 647 g/mol. The van der Waals surface area contributed by atoms with E-state index >= 15 is 0 Å². The van der Waals surface area contributed by atoms with Crippen LogP contribution in [0, 0.1) is 22.7 Å². The zero-order valence-electron chi connectivity index (χ0n) is 24.5. The van der Waals surface area contributed by atoms with Crippen LogP contribution in [-0.4, -0.2) is 78.3 Å². The number of thiocarbonyl (C=S) groups is 1. The van der Waals surface area contributed by atoms with Crippen LogP contribution in [0.5, 0.6) is 0 Å². The normalized spacial score (nSPS) is 18.0. The molecule has 2 aliphatic heterocycles. The van der Waals surface area contributed by atoms with E-state index in [0.717, 1.165) is 49.3 Å². The minimum atomic E-state index is -4.75. The Kier molecular flexibility index (Phi) is 10.0. The van der Waals surface area contributed by atoms with E-state index in [0.29, 0.717) is 38.3 Å². The number of anilines is 1. The maximum atomic E-state index is 13.5. The molecular formula is C30H33F3N6O3S2. The second kappa shape index (κ2) is 13.2. The number of unbranched alkanes of at least 4 members (excludes halogenated alkanes) is 3. The highest BCUT2D eigenvalue weighted by atomic mass is 32.2. The maximum Gasteiger partial charge on any atom is 0.417 e. The van der Waals surface area contributed by atoms with Crippen molar-refractivity contribution in [3.8, 4) is 12.1 Å². The number of sulfonamides is 1. The average Bonchev–Trinajstić information content (AvgIpc) is 3.16. The largest absolute Gasteiger partial charge is 0.417 e. The Balaban J connectivity index is 1.24. The quantitative estimate of drug-likeness (QED) is 0.269.